The fourth-order valence-corrected chi connectivity index (χ4v) is 2.66. The quantitative estimate of drug-likeness (QED) is 0.478. The lowest BCUT2D eigenvalue weighted by Crippen LogP contribution is -2.24. The lowest BCUT2D eigenvalue weighted by Gasteiger charge is -2.15. The van der Waals surface area contributed by atoms with Crippen molar-refractivity contribution in [2.75, 3.05) is 28.2 Å². The lowest BCUT2D eigenvalue weighted by atomic mass is 10.0. The van der Waals surface area contributed by atoms with Crippen LogP contribution >= 0.6 is 24.4 Å². The molecule has 134 valence electrons. The second-order valence-corrected chi connectivity index (χ2v) is 7.09. The van der Waals surface area contributed by atoms with Crippen molar-refractivity contribution in [3.05, 3.63) is 48.5 Å². The number of fused-ring (bicyclic) bond motifs is 2. The van der Waals surface area contributed by atoms with Gasteiger partial charge in [0.1, 0.15) is 11.5 Å². The fourth-order valence-electron chi connectivity index (χ4n) is 2.46. The molecule has 0 saturated carbocycles. The second-order valence-electron chi connectivity index (χ2n) is 6.39. The summed E-state index contributed by atoms with van der Waals surface area (Å²) in [7, 11) is 7.44. The average Bonchev–Trinajstić information content (AvgIpc) is 2.59. The molecular formula is C20H20N2O2S2. The largest absolute Gasteiger partial charge is 0.432 e. The average molecular weight is 385 g/mol. The summed E-state index contributed by atoms with van der Waals surface area (Å²) < 4.78 is 11.4. The first-order valence-electron chi connectivity index (χ1n) is 8.09. The van der Waals surface area contributed by atoms with Crippen LogP contribution in [0.4, 0.5) is 0 Å². The van der Waals surface area contributed by atoms with Crippen LogP contribution in [0.2, 0.25) is 0 Å². The van der Waals surface area contributed by atoms with Gasteiger partial charge in [-0.05, 0) is 82.4 Å². The van der Waals surface area contributed by atoms with Crippen LogP contribution in [-0.4, -0.2) is 48.3 Å². The van der Waals surface area contributed by atoms with Gasteiger partial charge in [0, 0.05) is 28.2 Å². The lowest BCUT2D eigenvalue weighted by molar-refractivity contribution is 0.449. The van der Waals surface area contributed by atoms with Gasteiger partial charge in [0.15, 0.2) is 0 Å². The third-order valence-electron chi connectivity index (χ3n) is 3.88. The molecule has 3 rings (SSSR count). The Morgan fingerprint density at radius 1 is 0.615 bits per heavy atom. The van der Waals surface area contributed by atoms with Gasteiger partial charge < -0.3 is 19.3 Å². The summed E-state index contributed by atoms with van der Waals surface area (Å²) in [6.07, 6.45) is 0. The molecule has 0 bridgehead atoms. The molecule has 0 aliphatic rings. The molecule has 0 radical (unpaired) electrons. The summed E-state index contributed by atoms with van der Waals surface area (Å²) in [6.45, 7) is 0. The predicted octanol–water partition coefficient (Wildman–Crippen LogP) is 4.44. The van der Waals surface area contributed by atoms with E-state index in [9.17, 15) is 0 Å². The molecule has 0 saturated heterocycles. The molecule has 26 heavy (non-hydrogen) atoms. The van der Waals surface area contributed by atoms with Crippen LogP contribution in [0.3, 0.4) is 0 Å². The van der Waals surface area contributed by atoms with Crippen molar-refractivity contribution in [2.24, 2.45) is 0 Å². The Balaban J connectivity index is 1.94. The molecule has 4 nitrogen and oxygen atoms in total. The van der Waals surface area contributed by atoms with E-state index in [0.29, 0.717) is 10.3 Å². The van der Waals surface area contributed by atoms with E-state index in [1.807, 2.05) is 64.6 Å². The Bertz CT molecular complexity index is 918. The van der Waals surface area contributed by atoms with Gasteiger partial charge in [0.25, 0.3) is 10.3 Å². The van der Waals surface area contributed by atoms with Crippen molar-refractivity contribution < 1.29 is 9.47 Å². The number of hydrogen-bond donors (Lipinski definition) is 0. The minimum atomic E-state index is 0.434. The molecule has 0 amide bonds. The maximum absolute atomic E-state index is 5.70. The normalized spacial score (nSPS) is 10.6. The van der Waals surface area contributed by atoms with Gasteiger partial charge in [-0.15, -0.1) is 0 Å². The van der Waals surface area contributed by atoms with Gasteiger partial charge in [-0.25, -0.2) is 0 Å². The Kier molecular flexibility index (Phi) is 5.25. The van der Waals surface area contributed by atoms with Crippen molar-refractivity contribution >= 4 is 56.3 Å². The van der Waals surface area contributed by atoms with E-state index < -0.39 is 0 Å². The van der Waals surface area contributed by atoms with E-state index in [0.717, 1.165) is 33.0 Å². The van der Waals surface area contributed by atoms with Crippen molar-refractivity contribution in [2.45, 2.75) is 0 Å². The Labute approximate surface area is 163 Å². The highest BCUT2D eigenvalue weighted by Gasteiger charge is 2.07. The number of thiocarbonyl (C=S) groups is 2. The van der Waals surface area contributed by atoms with E-state index in [1.165, 1.54) is 0 Å². The summed E-state index contributed by atoms with van der Waals surface area (Å²) in [5, 5.41) is 5.29. The summed E-state index contributed by atoms with van der Waals surface area (Å²) in [5.74, 6) is 1.46. The Morgan fingerprint density at radius 3 is 1.35 bits per heavy atom. The maximum atomic E-state index is 5.70. The SMILES string of the molecule is CN(C)C(=S)Oc1ccc2cc3cc(OC(=S)N(C)C)ccc3cc2c1. The molecule has 0 aliphatic carbocycles. The number of hydrogen-bond acceptors (Lipinski definition) is 4. The van der Waals surface area contributed by atoms with Gasteiger partial charge in [-0.2, -0.15) is 0 Å². The summed E-state index contributed by atoms with van der Waals surface area (Å²) in [5.41, 5.74) is 0. The molecule has 0 heterocycles. The van der Waals surface area contributed by atoms with E-state index in [1.54, 1.807) is 9.80 Å². The van der Waals surface area contributed by atoms with Crippen LogP contribution in [0, 0.1) is 0 Å². The van der Waals surface area contributed by atoms with E-state index >= 15 is 0 Å². The van der Waals surface area contributed by atoms with Gasteiger partial charge in [-0.1, -0.05) is 12.1 Å². The molecule has 0 aromatic heterocycles. The number of benzene rings is 3. The zero-order chi connectivity index (χ0) is 18.8. The molecule has 0 fully saturated rings. The van der Waals surface area contributed by atoms with E-state index in [4.69, 9.17) is 33.9 Å². The fraction of sp³-hybridized carbons (Fsp3) is 0.200. The third kappa shape index (κ3) is 4.03. The molecule has 0 N–H and O–H groups in total. The minimum absolute atomic E-state index is 0.434. The van der Waals surface area contributed by atoms with Gasteiger partial charge in [0.2, 0.25) is 0 Å². The summed E-state index contributed by atoms with van der Waals surface area (Å²) in [6, 6.07) is 16.2. The van der Waals surface area contributed by atoms with Crippen LogP contribution < -0.4 is 9.47 Å². The van der Waals surface area contributed by atoms with Crippen molar-refractivity contribution in [1.82, 2.24) is 9.80 Å². The molecule has 3 aromatic rings. The van der Waals surface area contributed by atoms with Gasteiger partial charge in [0.05, 0.1) is 0 Å². The van der Waals surface area contributed by atoms with Crippen molar-refractivity contribution in [1.29, 1.82) is 0 Å². The standard InChI is InChI=1S/C20H20N2O2S2/c1-21(2)19(25)23-17-7-5-13-10-16-12-18(24-20(26)22(3)4)8-6-14(16)9-15(13)11-17/h5-12H,1-4H3. The molecule has 0 unspecified atom stereocenters. The Hall–Kier alpha value is -2.44. The molecule has 0 atom stereocenters. The first kappa shape index (κ1) is 18.4. The molecule has 6 heteroatoms. The van der Waals surface area contributed by atoms with Crippen molar-refractivity contribution in [3.63, 3.8) is 0 Å². The van der Waals surface area contributed by atoms with Crippen molar-refractivity contribution in [3.8, 4) is 11.5 Å². The van der Waals surface area contributed by atoms with Gasteiger partial charge >= 0.3 is 0 Å². The van der Waals surface area contributed by atoms with Crippen LogP contribution in [0.25, 0.3) is 21.5 Å². The number of nitrogens with zero attached hydrogens (tertiary/aromatic N) is 2. The van der Waals surface area contributed by atoms with Crippen LogP contribution in [0.5, 0.6) is 11.5 Å². The van der Waals surface area contributed by atoms with Crippen LogP contribution in [0.15, 0.2) is 48.5 Å². The van der Waals surface area contributed by atoms with E-state index in [-0.39, 0.29) is 0 Å². The number of rotatable bonds is 2. The monoisotopic (exact) mass is 384 g/mol. The zero-order valence-electron chi connectivity index (χ0n) is 15.1. The first-order chi connectivity index (χ1) is 12.3. The smallest absolute Gasteiger partial charge is 0.264 e. The molecule has 0 aliphatic heterocycles. The first-order valence-corrected chi connectivity index (χ1v) is 8.91. The van der Waals surface area contributed by atoms with Crippen LogP contribution in [0.1, 0.15) is 0 Å². The molecule has 3 aromatic carbocycles. The zero-order valence-corrected chi connectivity index (χ0v) is 16.8. The number of ether oxygens (including phenoxy) is 2. The highest BCUT2D eigenvalue weighted by atomic mass is 32.1. The highest BCUT2D eigenvalue weighted by Crippen LogP contribution is 2.29. The Morgan fingerprint density at radius 2 is 1.00 bits per heavy atom. The predicted molar refractivity (Wildman–Crippen MR) is 115 cm³/mol. The molecular weight excluding hydrogens is 364 g/mol. The maximum Gasteiger partial charge on any atom is 0.264 e. The highest BCUT2D eigenvalue weighted by molar-refractivity contribution is 7.80. The minimum Gasteiger partial charge on any atom is -0.432 e. The van der Waals surface area contributed by atoms with Gasteiger partial charge in [-0.3, -0.25) is 0 Å². The topological polar surface area (TPSA) is 24.9 Å². The summed E-state index contributed by atoms with van der Waals surface area (Å²) in [4.78, 5) is 3.53. The van der Waals surface area contributed by atoms with Crippen LogP contribution in [-0.2, 0) is 0 Å². The van der Waals surface area contributed by atoms with E-state index in [2.05, 4.69) is 12.1 Å². The summed E-state index contributed by atoms with van der Waals surface area (Å²) >= 11 is 10.4. The molecule has 0 spiro atoms. The third-order valence-corrected chi connectivity index (χ3v) is 4.78. The second kappa shape index (κ2) is 7.43.